The van der Waals surface area contributed by atoms with Gasteiger partial charge in [0.25, 0.3) is 0 Å². The number of hydrogen-bond acceptors (Lipinski definition) is 3. The maximum absolute atomic E-state index is 11.6. The van der Waals surface area contributed by atoms with E-state index in [-0.39, 0.29) is 24.0 Å². The number of nitrogens with one attached hydrogen (secondary N) is 1. The number of carbonyl (C=O) groups excluding carboxylic acids is 1. The van der Waals surface area contributed by atoms with Crippen molar-refractivity contribution in [1.82, 2.24) is 5.32 Å². The lowest BCUT2D eigenvalue weighted by molar-refractivity contribution is -0.127. The van der Waals surface area contributed by atoms with Crippen LogP contribution in [0.1, 0.15) is 19.3 Å². The van der Waals surface area contributed by atoms with Gasteiger partial charge in [0.15, 0.2) is 0 Å². The summed E-state index contributed by atoms with van der Waals surface area (Å²) in [7, 11) is 0. The van der Waals surface area contributed by atoms with Crippen LogP contribution in [-0.2, 0) is 4.79 Å². The van der Waals surface area contributed by atoms with Crippen molar-refractivity contribution in [1.29, 1.82) is 0 Å². The first-order valence-electron chi connectivity index (χ1n) is 4.83. The number of aliphatic hydroxyl groups is 1. The lowest BCUT2D eigenvalue weighted by Gasteiger charge is -2.33. The van der Waals surface area contributed by atoms with Crippen LogP contribution in [0.4, 0.5) is 0 Å². The molecule has 1 aliphatic carbocycles. The predicted molar refractivity (Wildman–Crippen MR) is 52.6 cm³/mol. The SMILES string of the molecule is O=C(N[C@@H]1CC[C@H]1O)C1CCSC1. The van der Waals surface area contributed by atoms with Gasteiger partial charge in [-0.2, -0.15) is 11.8 Å². The standard InChI is InChI=1S/C9H15NO2S/c11-8-2-1-7(8)10-9(12)6-3-4-13-5-6/h6-8,11H,1-5H2,(H,10,12)/t6?,7-,8-/m1/s1. The molecule has 1 unspecified atom stereocenters. The van der Waals surface area contributed by atoms with Crippen LogP contribution in [0.2, 0.25) is 0 Å². The van der Waals surface area contributed by atoms with Crippen molar-refractivity contribution < 1.29 is 9.90 Å². The Labute approximate surface area is 82.3 Å². The molecule has 2 aliphatic rings. The van der Waals surface area contributed by atoms with Gasteiger partial charge in [-0.3, -0.25) is 4.79 Å². The number of hydrogen-bond donors (Lipinski definition) is 2. The van der Waals surface area contributed by atoms with Gasteiger partial charge in [-0.1, -0.05) is 0 Å². The fourth-order valence-corrected chi connectivity index (χ4v) is 2.91. The minimum atomic E-state index is -0.294. The number of carbonyl (C=O) groups is 1. The molecule has 2 N–H and O–H groups in total. The van der Waals surface area contributed by atoms with Crippen LogP contribution in [0.5, 0.6) is 0 Å². The maximum atomic E-state index is 11.6. The molecule has 3 nitrogen and oxygen atoms in total. The Balaban J connectivity index is 1.77. The fraction of sp³-hybridized carbons (Fsp3) is 0.889. The number of amides is 1. The molecule has 1 saturated heterocycles. The Hall–Kier alpha value is -0.220. The van der Waals surface area contributed by atoms with Crippen LogP contribution in [0, 0.1) is 5.92 Å². The minimum absolute atomic E-state index is 0.0399. The molecule has 13 heavy (non-hydrogen) atoms. The van der Waals surface area contributed by atoms with E-state index in [1.807, 2.05) is 11.8 Å². The third kappa shape index (κ3) is 1.99. The average molecular weight is 201 g/mol. The quantitative estimate of drug-likeness (QED) is 0.679. The van der Waals surface area contributed by atoms with Crippen LogP contribution >= 0.6 is 11.8 Å². The van der Waals surface area contributed by atoms with E-state index in [1.165, 1.54) is 0 Å². The molecule has 0 radical (unpaired) electrons. The molecule has 0 aromatic heterocycles. The Morgan fingerprint density at radius 1 is 1.38 bits per heavy atom. The van der Waals surface area contributed by atoms with Crippen LogP contribution in [-0.4, -0.2) is 34.7 Å². The zero-order valence-electron chi connectivity index (χ0n) is 7.53. The molecule has 1 aliphatic heterocycles. The van der Waals surface area contributed by atoms with Gasteiger partial charge < -0.3 is 10.4 Å². The van der Waals surface area contributed by atoms with Crippen molar-refractivity contribution >= 4 is 17.7 Å². The molecule has 2 rings (SSSR count). The smallest absolute Gasteiger partial charge is 0.224 e. The molecule has 1 amide bonds. The van der Waals surface area contributed by atoms with Gasteiger partial charge in [0.1, 0.15) is 0 Å². The van der Waals surface area contributed by atoms with Gasteiger partial charge in [-0.25, -0.2) is 0 Å². The average Bonchev–Trinajstić information content (AvgIpc) is 2.64. The largest absolute Gasteiger partial charge is 0.391 e. The topological polar surface area (TPSA) is 49.3 Å². The summed E-state index contributed by atoms with van der Waals surface area (Å²) in [6.07, 6.45) is 2.48. The number of rotatable bonds is 2. The Bertz CT molecular complexity index is 204. The van der Waals surface area contributed by atoms with E-state index in [9.17, 15) is 9.90 Å². The van der Waals surface area contributed by atoms with Crippen molar-refractivity contribution in [3.8, 4) is 0 Å². The summed E-state index contributed by atoms with van der Waals surface area (Å²) in [6.45, 7) is 0. The second-order valence-electron chi connectivity index (χ2n) is 3.82. The predicted octanol–water partition coefficient (Wildman–Crippen LogP) is 0.379. The van der Waals surface area contributed by atoms with Crippen molar-refractivity contribution in [3.63, 3.8) is 0 Å². The summed E-state index contributed by atoms with van der Waals surface area (Å²) in [5, 5.41) is 12.2. The first-order chi connectivity index (χ1) is 6.27. The molecule has 1 saturated carbocycles. The van der Waals surface area contributed by atoms with E-state index < -0.39 is 0 Å². The Kier molecular flexibility index (Phi) is 2.79. The zero-order chi connectivity index (χ0) is 9.26. The van der Waals surface area contributed by atoms with E-state index in [1.54, 1.807) is 0 Å². The number of aliphatic hydroxyl groups excluding tert-OH is 1. The molecule has 74 valence electrons. The highest BCUT2D eigenvalue weighted by molar-refractivity contribution is 7.99. The van der Waals surface area contributed by atoms with Crippen LogP contribution < -0.4 is 5.32 Å². The van der Waals surface area contributed by atoms with Gasteiger partial charge in [0.2, 0.25) is 5.91 Å². The van der Waals surface area contributed by atoms with Gasteiger partial charge in [0.05, 0.1) is 12.1 Å². The van der Waals surface area contributed by atoms with Crippen molar-refractivity contribution in [2.24, 2.45) is 5.92 Å². The lowest BCUT2D eigenvalue weighted by atomic mass is 9.89. The van der Waals surface area contributed by atoms with Gasteiger partial charge in [-0.15, -0.1) is 0 Å². The summed E-state index contributed by atoms with van der Waals surface area (Å²) in [5.74, 6) is 2.39. The summed E-state index contributed by atoms with van der Waals surface area (Å²) in [6, 6.07) is 0.0399. The zero-order valence-corrected chi connectivity index (χ0v) is 8.35. The van der Waals surface area contributed by atoms with E-state index in [0.29, 0.717) is 0 Å². The lowest BCUT2D eigenvalue weighted by Crippen LogP contribution is -2.51. The van der Waals surface area contributed by atoms with Crippen molar-refractivity contribution in [2.45, 2.75) is 31.4 Å². The molecule has 0 spiro atoms. The van der Waals surface area contributed by atoms with E-state index in [0.717, 1.165) is 30.8 Å². The third-order valence-electron chi connectivity index (χ3n) is 2.87. The Morgan fingerprint density at radius 3 is 2.69 bits per heavy atom. The highest BCUT2D eigenvalue weighted by Gasteiger charge is 2.32. The molecule has 4 heteroatoms. The molecule has 0 bridgehead atoms. The Morgan fingerprint density at radius 2 is 2.23 bits per heavy atom. The minimum Gasteiger partial charge on any atom is -0.391 e. The van der Waals surface area contributed by atoms with Crippen molar-refractivity contribution in [2.75, 3.05) is 11.5 Å². The van der Waals surface area contributed by atoms with Gasteiger partial charge >= 0.3 is 0 Å². The first kappa shape index (κ1) is 9.34. The van der Waals surface area contributed by atoms with Crippen LogP contribution in [0.25, 0.3) is 0 Å². The van der Waals surface area contributed by atoms with Gasteiger partial charge in [0, 0.05) is 11.7 Å². The molecular formula is C9H15NO2S. The van der Waals surface area contributed by atoms with E-state index in [2.05, 4.69) is 5.32 Å². The van der Waals surface area contributed by atoms with Crippen molar-refractivity contribution in [3.05, 3.63) is 0 Å². The highest BCUT2D eigenvalue weighted by Crippen LogP contribution is 2.25. The summed E-state index contributed by atoms with van der Waals surface area (Å²) in [4.78, 5) is 11.6. The second kappa shape index (κ2) is 3.88. The van der Waals surface area contributed by atoms with E-state index in [4.69, 9.17) is 0 Å². The van der Waals surface area contributed by atoms with E-state index >= 15 is 0 Å². The van der Waals surface area contributed by atoms with Crippen LogP contribution in [0.3, 0.4) is 0 Å². The second-order valence-corrected chi connectivity index (χ2v) is 4.97. The first-order valence-corrected chi connectivity index (χ1v) is 5.99. The molecule has 0 aromatic rings. The molecular weight excluding hydrogens is 186 g/mol. The third-order valence-corrected chi connectivity index (χ3v) is 4.03. The molecule has 3 atom stereocenters. The van der Waals surface area contributed by atoms with Gasteiger partial charge in [-0.05, 0) is 25.0 Å². The molecule has 2 fully saturated rings. The highest BCUT2D eigenvalue weighted by atomic mass is 32.2. The molecule has 1 heterocycles. The monoisotopic (exact) mass is 201 g/mol. The fourth-order valence-electron chi connectivity index (χ4n) is 1.69. The summed E-state index contributed by atoms with van der Waals surface area (Å²) in [5.41, 5.74) is 0. The maximum Gasteiger partial charge on any atom is 0.224 e. The van der Waals surface area contributed by atoms with Crippen LogP contribution in [0.15, 0.2) is 0 Å². The molecule has 0 aromatic carbocycles. The summed E-state index contributed by atoms with van der Waals surface area (Å²) >= 11 is 1.84. The normalized spacial score (nSPS) is 38.4. The number of thioether (sulfide) groups is 1. The summed E-state index contributed by atoms with van der Waals surface area (Å²) < 4.78 is 0.